The highest BCUT2D eigenvalue weighted by atomic mass is 19.4. The lowest BCUT2D eigenvalue weighted by Gasteiger charge is -2.39. The summed E-state index contributed by atoms with van der Waals surface area (Å²) in [5.41, 5.74) is 0.220. The SMILES string of the molecule is CC(C)[C@]1(C(=O)N2CCc3ncc(OCC(F)(F)F)cc3C2)CC[C@@H](NC(=O)OC(C)(C)C)C1. The zero-order chi connectivity index (χ0) is 25.3. The third-order valence-corrected chi connectivity index (χ3v) is 6.51. The van der Waals surface area contributed by atoms with Crippen molar-refractivity contribution in [3.8, 4) is 5.75 Å². The molecule has 0 unspecified atom stereocenters. The largest absolute Gasteiger partial charge is 0.482 e. The van der Waals surface area contributed by atoms with Crippen LogP contribution < -0.4 is 10.1 Å². The molecule has 2 amide bonds. The maximum absolute atomic E-state index is 13.8. The quantitative estimate of drug-likeness (QED) is 0.658. The van der Waals surface area contributed by atoms with Gasteiger partial charge in [-0.05, 0) is 57.6 Å². The van der Waals surface area contributed by atoms with Crippen molar-refractivity contribution in [3.63, 3.8) is 0 Å². The van der Waals surface area contributed by atoms with Crippen LogP contribution in [0.15, 0.2) is 12.3 Å². The summed E-state index contributed by atoms with van der Waals surface area (Å²) in [6.07, 6.45) is -1.29. The Balaban J connectivity index is 1.70. The molecule has 1 N–H and O–H groups in total. The molecule has 1 aliphatic carbocycles. The number of fused-ring (bicyclic) bond motifs is 1. The molecule has 1 aromatic heterocycles. The topological polar surface area (TPSA) is 80.8 Å². The average Bonchev–Trinajstić information content (AvgIpc) is 3.14. The molecule has 2 heterocycles. The summed E-state index contributed by atoms with van der Waals surface area (Å²) in [7, 11) is 0. The molecule has 10 heteroatoms. The lowest BCUT2D eigenvalue weighted by Crippen LogP contribution is -2.48. The van der Waals surface area contributed by atoms with Gasteiger partial charge in [0.1, 0.15) is 11.4 Å². The van der Waals surface area contributed by atoms with Gasteiger partial charge < -0.3 is 19.7 Å². The summed E-state index contributed by atoms with van der Waals surface area (Å²) in [5, 5.41) is 2.90. The molecular weight excluding hydrogens is 451 g/mol. The van der Waals surface area contributed by atoms with Crippen molar-refractivity contribution in [1.82, 2.24) is 15.2 Å². The Morgan fingerprint density at radius 3 is 2.62 bits per heavy atom. The fourth-order valence-electron chi connectivity index (χ4n) is 4.78. The highest BCUT2D eigenvalue weighted by molar-refractivity contribution is 5.84. The van der Waals surface area contributed by atoms with Crippen LogP contribution in [0.25, 0.3) is 0 Å². The number of carbonyl (C=O) groups excluding carboxylic acids is 2. The smallest absolute Gasteiger partial charge is 0.422 e. The predicted octanol–water partition coefficient (Wildman–Crippen LogP) is 4.63. The average molecular weight is 486 g/mol. The van der Waals surface area contributed by atoms with Gasteiger partial charge >= 0.3 is 12.3 Å². The number of hydrogen-bond acceptors (Lipinski definition) is 5. The van der Waals surface area contributed by atoms with Gasteiger partial charge in [-0.3, -0.25) is 9.78 Å². The van der Waals surface area contributed by atoms with Crippen molar-refractivity contribution in [2.45, 2.75) is 84.7 Å². The third-order valence-electron chi connectivity index (χ3n) is 6.51. The standard InChI is InChI=1S/C24H34F3N3O4/c1-15(2)23(8-6-17(11-23)29-21(32)34-22(3,4)5)20(31)30-9-7-19-16(13-30)10-18(12-28-19)33-14-24(25,26)27/h10,12,15,17H,6-9,11,13-14H2,1-5H3,(H,29,32)/t17-,23+/m1/s1. The van der Waals surface area contributed by atoms with Gasteiger partial charge in [0, 0.05) is 31.2 Å². The number of carbonyl (C=O) groups is 2. The van der Waals surface area contributed by atoms with Gasteiger partial charge in [0.2, 0.25) is 5.91 Å². The fraction of sp³-hybridized carbons (Fsp3) is 0.708. The van der Waals surface area contributed by atoms with Gasteiger partial charge in [-0.15, -0.1) is 0 Å². The molecule has 1 aliphatic heterocycles. The van der Waals surface area contributed by atoms with Gasteiger partial charge in [0.15, 0.2) is 6.61 Å². The molecule has 3 rings (SSSR count). The summed E-state index contributed by atoms with van der Waals surface area (Å²) < 4.78 is 47.7. The van der Waals surface area contributed by atoms with Gasteiger partial charge in [-0.1, -0.05) is 13.8 Å². The second kappa shape index (κ2) is 9.62. The van der Waals surface area contributed by atoms with Crippen LogP contribution in [0.1, 0.15) is 65.1 Å². The van der Waals surface area contributed by atoms with Crippen molar-refractivity contribution >= 4 is 12.0 Å². The molecule has 7 nitrogen and oxygen atoms in total. The van der Waals surface area contributed by atoms with E-state index in [0.717, 1.165) is 5.69 Å². The maximum atomic E-state index is 13.8. The number of nitrogens with zero attached hydrogens (tertiary/aromatic N) is 2. The monoisotopic (exact) mass is 485 g/mol. The zero-order valence-electron chi connectivity index (χ0n) is 20.4. The van der Waals surface area contributed by atoms with Crippen LogP contribution in [0, 0.1) is 11.3 Å². The molecular formula is C24H34F3N3O4. The molecule has 0 saturated heterocycles. The Kier molecular flexibility index (Phi) is 7.38. The summed E-state index contributed by atoms with van der Waals surface area (Å²) in [4.78, 5) is 32.0. The second-order valence-corrected chi connectivity index (χ2v) is 10.6. The van der Waals surface area contributed by atoms with Crippen molar-refractivity contribution < 1.29 is 32.2 Å². The van der Waals surface area contributed by atoms with E-state index in [0.29, 0.717) is 37.8 Å². The molecule has 2 atom stereocenters. The van der Waals surface area contributed by atoms with Crippen molar-refractivity contribution in [3.05, 3.63) is 23.5 Å². The molecule has 1 fully saturated rings. The number of aromatic nitrogens is 1. The normalized spacial score (nSPS) is 23.0. The lowest BCUT2D eigenvalue weighted by molar-refractivity contribution is -0.153. The van der Waals surface area contributed by atoms with Crippen molar-refractivity contribution in [2.24, 2.45) is 11.3 Å². The molecule has 0 radical (unpaired) electrons. The highest BCUT2D eigenvalue weighted by Crippen LogP contribution is 2.46. The minimum Gasteiger partial charge on any atom is -0.482 e. The molecule has 0 bridgehead atoms. The van der Waals surface area contributed by atoms with Crippen LogP contribution in [0.5, 0.6) is 5.75 Å². The van der Waals surface area contributed by atoms with E-state index in [9.17, 15) is 22.8 Å². The summed E-state index contributed by atoms with van der Waals surface area (Å²) in [6, 6.07) is 1.37. The van der Waals surface area contributed by atoms with Gasteiger partial charge in [0.25, 0.3) is 0 Å². The summed E-state index contributed by atoms with van der Waals surface area (Å²) in [6.45, 7) is 8.78. The number of hydrogen-bond donors (Lipinski definition) is 1. The first kappa shape index (κ1) is 26.1. The Labute approximate surface area is 198 Å². The number of alkyl halides is 3. The number of alkyl carbamates (subject to hydrolysis) is 1. The second-order valence-electron chi connectivity index (χ2n) is 10.6. The van der Waals surface area contributed by atoms with Crippen LogP contribution >= 0.6 is 0 Å². The minimum absolute atomic E-state index is 0.00301. The minimum atomic E-state index is -4.44. The Morgan fingerprint density at radius 2 is 2.00 bits per heavy atom. The third kappa shape index (κ3) is 6.33. The molecule has 1 saturated carbocycles. The maximum Gasteiger partial charge on any atom is 0.422 e. The Hall–Kier alpha value is -2.52. The summed E-state index contributed by atoms with van der Waals surface area (Å²) >= 11 is 0. The molecule has 1 aromatic rings. The zero-order valence-corrected chi connectivity index (χ0v) is 20.4. The van der Waals surface area contributed by atoms with Crippen molar-refractivity contribution in [2.75, 3.05) is 13.2 Å². The Bertz CT molecular complexity index is 914. The molecule has 0 spiro atoms. The lowest BCUT2D eigenvalue weighted by atomic mass is 9.74. The number of pyridine rings is 1. The first-order chi connectivity index (χ1) is 15.7. The van der Waals surface area contributed by atoms with E-state index in [2.05, 4.69) is 10.3 Å². The van der Waals surface area contributed by atoms with Crippen LogP contribution in [-0.2, 0) is 22.5 Å². The predicted molar refractivity (Wildman–Crippen MR) is 119 cm³/mol. The van der Waals surface area contributed by atoms with E-state index in [1.807, 2.05) is 13.8 Å². The first-order valence-corrected chi connectivity index (χ1v) is 11.6. The highest BCUT2D eigenvalue weighted by Gasteiger charge is 2.50. The van der Waals surface area contributed by atoms with E-state index in [1.54, 1.807) is 25.7 Å². The number of ether oxygens (including phenoxy) is 2. The van der Waals surface area contributed by atoms with Crippen molar-refractivity contribution in [1.29, 1.82) is 0 Å². The number of amides is 2. The van der Waals surface area contributed by atoms with E-state index >= 15 is 0 Å². The number of halogens is 3. The summed E-state index contributed by atoms with van der Waals surface area (Å²) in [5.74, 6) is 0.0844. The van der Waals surface area contributed by atoms with Crippen LogP contribution in [-0.4, -0.2) is 52.9 Å². The van der Waals surface area contributed by atoms with Crippen LogP contribution in [0.4, 0.5) is 18.0 Å². The van der Waals surface area contributed by atoms with E-state index in [1.165, 1.54) is 12.3 Å². The van der Waals surface area contributed by atoms with E-state index < -0.39 is 29.9 Å². The Morgan fingerprint density at radius 1 is 1.29 bits per heavy atom. The van der Waals surface area contributed by atoms with E-state index in [-0.39, 0.29) is 30.2 Å². The number of nitrogens with one attached hydrogen (secondary N) is 1. The van der Waals surface area contributed by atoms with Gasteiger partial charge in [0.05, 0.1) is 11.6 Å². The molecule has 34 heavy (non-hydrogen) atoms. The molecule has 2 aliphatic rings. The van der Waals surface area contributed by atoms with Crippen LogP contribution in [0.2, 0.25) is 0 Å². The fourth-order valence-corrected chi connectivity index (χ4v) is 4.78. The van der Waals surface area contributed by atoms with E-state index in [4.69, 9.17) is 9.47 Å². The van der Waals surface area contributed by atoms with Gasteiger partial charge in [-0.2, -0.15) is 13.2 Å². The molecule has 190 valence electrons. The number of rotatable bonds is 5. The molecule has 0 aromatic carbocycles. The first-order valence-electron chi connectivity index (χ1n) is 11.6. The van der Waals surface area contributed by atoms with Gasteiger partial charge in [-0.25, -0.2) is 4.79 Å². The van der Waals surface area contributed by atoms with Crippen LogP contribution in [0.3, 0.4) is 0 Å².